The molecule has 5 heteroatoms. The zero-order valence-corrected chi connectivity index (χ0v) is 13.4. The average molecular weight is 343 g/mol. The summed E-state index contributed by atoms with van der Waals surface area (Å²) in [7, 11) is 1.85. The van der Waals surface area contributed by atoms with Crippen LogP contribution in [0.4, 0.5) is 0 Å². The van der Waals surface area contributed by atoms with E-state index >= 15 is 0 Å². The van der Waals surface area contributed by atoms with Gasteiger partial charge < -0.3 is 5.73 Å². The Morgan fingerprint density at radius 1 is 1.32 bits per heavy atom. The third kappa shape index (κ3) is 3.59. The second kappa shape index (κ2) is 6.07. The zero-order valence-electron chi connectivity index (χ0n) is 11.0. The van der Waals surface area contributed by atoms with Gasteiger partial charge in [0, 0.05) is 23.1 Å². The van der Waals surface area contributed by atoms with Crippen molar-refractivity contribution in [2.24, 2.45) is 12.8 Å². The maximum absolute atomic E-state index is 6.22. The molecule has 2 rings (SSSR count). The van der Waals surface area contributed by atoms with Crippen molar-refractivity contribution < 1.29 is 0 Å². The quantitative estimate of drug-likeness (QED) is 0.927. The van der Waals surface area contributed by atoms with E-state index in [1.54, 1.807) is 4.68 Å². The average Bonchev–Trinajstić information content (AvgIpc) is 2.59. The van der Waals surface area contributed by atoms with Crippen LogP contribution in [-0.2, 0) is 19.9 Å². The van der Waals surface area contributed by atoms with Crippen molar-refractivity contribution in [3.8, 4) is 0 Å². The summed E-state index contributed by atoms with van der Waals surface area (Å²) < 4.78 is 2.77. The van der Waals surface area contributed by atoms with E-state index in [-0.39, 0.29) is 6.04 Å². The van der Waals surface area contributed by atoms with Crippen LogP contribution in [-0.4, -0.2) is 15.8 Å². The highest BCUT2D eigenvalue weighted by molar-refractivity contribution is 9.10. The number of benzene rings is 1. The predicted octanol–water partition coefficient (Wildman–Crippen LogP) is 3.26. The van der Waals surface area contributed by atoms with Gasteiger partial charge in [0.1, 0.15) is 5.15 Å². The number of nitrogens with two attached hydrogens (primary N) is 1. The molecule has 102 valence electrons. The highest BCUT2D eigenvalue weighted by Crippen LogP contribution is 2.21. The van der Waals surface area contributed by atoms with Gasteiger partial charge in [0.05, 0.1) is 5.69 Å². The van der Waals surface area contributed by atoms with Gasteiger partial charge in [-0.25, -0.2) is 0 Å². The minimum Gasteiger partial charge on any atom is -0.327 e. The second-order valence-corrected chi connectivity index (χ2v) is 6.05. The molecule has 0 aliphatic rings. The molecule has 3 nitrogen and oxygen atoms in total. The molecule has 1 unspecified atom stereocenters. The van der Waals surface area contributed by atoms with Crippen molar-refractivity contribution in [2.75, 3.05) is 0 Å². The Hall–Kier alpha value is -0.840. The molecule has 0 bridgehead atoms. The normalized spacial score (nSPS) is 12.7. The first-order valence-corrected chi connectivity index (χ1v) is 7.32. The summed E-state index contributed by atoms with van der Waals surface area (Å²) in [5.41, 5.74) is 9.45. The van der Waals surface area contributed by atoms with E-state index in [1.165, 1.54) is 5.56 Å². The lowest BCUT2D eigenvalue weighted by Crippen LogP contribution is -2.25. The van der Waals surface area contributed by atoms with Crippen LogP contribution in [0.25, 0.3) is 0 Å². The summed E-state index contributed by atoms with van der Waals surface area (Å²) in [4.78, 5) is 0. The van der Waals surface area contributed by atoms with Crippen LogP contribution in [0.1, 0.15) is 16.8 Å². The van der Waals surface area contributed by atoms with Crippen LogP contribution < -0.4 is 5.73 Å². The van der Waals surface area contributed by atoms with Gasteiger partial charge in [-0.05, 0) is 37.5 Å². The van der Waals surface area contributed by atoms with Gasteiger partial charge in [0.2, 0.25) is 0 Å². The first-order chi connectivity index (χ1) is 8.97. The molecular formula is C14H17BrClN3. The summed E-state index contributed by atoms with van der Waals surface area (Å²) >= 11 is 9.65. The number of rotatable bonds is 4. The van der Waals surface area contributed by atoms with Crippen molar-refractivity contribution >= 4 is 27.5 Å². The first-order valence-electron chi connectivity index (χ1n) is 6.15. The summed E-state index contributed by atoms with van der Waals surface area (Å²) in [6.07, 6.45) is 1.58. The van der Waals surface area contributed by atoms with Gasteiger partial charge in [-0.2, -0.15) is 5.10 Å². The van der Waals surface area contributed by atoms with Crippen molar-refractivity contribution in [3.63, 3.8) is 0 Å². The molecule has 19 heavy (non-hydrogen) atoms. The van der Waals surface area contributed by atoms with Crippen LogP contribution in [0.15, 0.2) is 28.7 Å². The molecule has 0 radical (unpaired) electrons. The van der Waals surface area contributed by atoms with Crippen molar-refractivity contribution in [2.45, 2.75) is 25.8 Å². The highest BCUT2D eigenvalue weighted by atomic mass is 79.9. The Morgan fingerprint density at radius 2 is 1.95 bits per heavy atom. The monoisotopic (exact) mass is 341 g/mol. The molecule has 0 aliphatic heterocycles. The number of hydrogen-bond acceptors (Lipinski definition) is 2. The largest absolute Gasteiger partial charge is 0.327 e. The number of halogens is 2. The van der Waals surface area contributed by atoms with Gasteiger partial charge in [-0.1, -0.05) is 39.7 Å². The van der Waals surface area contributed by atoms with Gasteiger partial charge in [0.15, 0.2) is 0 Å². The lowest BCUT2D eigenvalue weighted by molar-refractivity contribution is 0.662. The number of hydrogen-bond donors (Lipinski definition) is 1. The minimum atomic E-state index is 0.0431. The molecule has 2 aromatic rings. The number of nitrogens with zero attached hydrogens (tertiary/aromatic N) is 2. The van der Waals surface area contributed by atoms with Crippen LogP contribution in [0.5, 0.6) is 0 Å². The Kier molecular flexibility index (Phi) is 4.66. The standard InChI is InChI=1S/C14H17BrClN3/c1-9-13(14(16)19(2)18-9)8-12(17)7-10-3-5-11(15)6-4-10/h3-6,12H,7-8,17H2,1-2H3. The fourth-order valence-electron chi connectivity index (χ4n) is 2.16. The van der Waals surface area contributed by atoms with Gasteiger partial charge in [-0.15, -0.1) is 0 Å². The molecule has 2 N–H and O–H groups in total. The molecule has 0 amide bonds. The maximum Gasteiger partial charge on any atom is 0.130 e. The van der Waals surface area contributed by atoms with Crippen LogP contribution in [0, 0.1) is 6.92 Å². The molecule has 0 fully saturated rings. The maximum atomic E-state index is 6.22. The van der Waals surface area contributed by atoms with Crippen LogP contribution in [0.3, 0.4) is 0 Å². The molecule has 1 aromatic heterocycles. The number of aryl methyl sites for hydroxylation is 2. The smallest absolute Gasteiger partial charge is 0.130 e. The Bertz CT molecular complexity index is 563. The van der Waals surface area contributed by atoms with Gasteiger partial charge in [-0.3, -0.25) is 4.68 Å². The summed E-state index contributed by atoms with van der Waals surface area (Å²) in [6.45, 7) is 1.97. The summed E-state index contributed by atoms with van der Waals surface area (Å²) in [6, 6.07) is 8.28. The Labute approximate surface area is 126 Å². The third-order valence-electron chi connectivity index (χ3n) is 3.15. The third-order valence-corrected chi connectivity index (χ3v) is 4.15. The minimum absolute atomic E-state index is 0.0431. The summed E-state index contributed by atoms with van der Waals surface area (Å²) in [5, 5.41) is 4.99. The Balaban J connectivity index is 2.05. The fraction of sp³-hybridized carbons (Fsp3) is 0.357. The molecule has 1 aromatic carbocycles. The summed E-state index contributed by atoms with van der Waals surface area (Å²) in [5.74, 6) is 0. The van der Waals surface area contributed by atoms with Gasteiger partial charge >= 0.3 is 0 Å². The second-order valence-electron chi connectivity index (χ2n) is 4.77. The Morgan fingerprint density at radius 3 is 2.47 bits per heavy atom. The van der Waals surface area contributed by atoms with Crippen molar-refractivity contribution in [1.29, 1.82) is 0 Å². The zero-order chi connectivity index (χ0) is 14.0. The van der Waals surface area contributed by atoms with E-state index in [4.69, 9.17) is 17.3 Å². The van der Waals surface area contributed by atoms with E-state index in [2.05, 4.69) is 33.2 Å². The molecule has 1 atom stereocenters. The van der Waals surface area contributed by atoms with Crippen molar-refractivity contribution in [3.05, 3.63) is 50.7 Å². The number of aromatic nitrogens is 2. The van der Waals surface area contributed by atoms with E-state index in [9.17, 15) is 0 Å². The lowest BCUT2D eigenvalue weighted by atomic mass is 10.0. The van der Waals surface area contributed by atoms with E-state index in [1.807, 2.05) is 26.1 Å². The van der Waals surface area contributed by atoms with Gasteiger partial charge in [0.25, 0.3) is 0 Å². The highest BCUT2D eigenvalue weighted by Gasteiger charge is 2.15. The SMILES string of the molecule is Cc1nn(C)c(Cl)c1CC(N)Cc1ccc(Br)cc1. The van der Waals surface area contributed by atoms with E-state index in [0.29, 0.717) is 5.15 Å². The predicted molar refractivity (Wildman–Crippen MR) is 82.5 cm³/mol. The molecule has 0 spiro atoms. The van der Waals surface area contributed by atoms with Crippen LogP contribution >= 0.6 is 27.5 Å². The molecule has 1 heterocycles. The van der Waals surface area contributed by atoms with E-state index < -0.39 is 0 Å². The molecular weight excluding hydrogens is 326 g/mol. The molecule has 0 aliphatic carbocycles. The lowest BCUT2D eigenvalue weighted by Gasteiger charge is -2.11. The van der Waals surface area contributed by atoms with Crippen molar-refractivity contribution in [1.82, 2.24) is 9.78 Å². The topological polar surface area (TPSA) is 43.8 Å². The van der Waals surface area contributed by atoms with E-state index in [0.717, 1.165) is 28.6 Å². The first kappa shape index (κ1) is 14.6. The fourth-order valence-corrected chi connectivity index (χ4v) is 2.68. The van der Waals surface area contributed by atoms with Crippen LogP contribution in [0.2, 0.25) is 5.15 Å². The molecule has 0 saturated carbocycles. The molecule has 0 saturated heterocycles.